The van der Waals surface area contributed by atoms with Gasteiger partial charge in [-0.25, -0.2) is 9.37 Å². The van der Waals surface area contributed by atoms with E-state index in [-0.39, 0.29) is 5.82 Å². The molecule has 0 fully saturated rings. The maximum atomic E-state index is 14.6. The summed E-state index contributed by atoms with van der Waals surface area (Å²) in [6.07, 6.45) is 2.69. The molecule has 0 aliphatic heterocycles. The van der Waals surface area contributed by atoms with Gasteiger partial charge >= 0.3 is 0 Å². The molecule has 0 aliphatic carbocycles. The lowest BCUT2D eigenvalue weighted by Gasteiger charge is -2.20. The normalized spacial score (nSPS) is 10.7. The number of hydrogen-bond donors (Lipinski definition) is 1. The minimum atomic E-state index is -0.259. The van der Waals surface area contributed by atoms with E-state index in [0.717, 1.165) is 24.2 Å². The van der Waals surface area contributed by atoms with Gasteiger partial charge < -0.3 is 10.2 Å². The highest BCUT2D eigenvalue weighted by Gasteiger charge is 2.14. The Morgan fingerprint density at radius 1 is 1.29 bits per heavy atom. The van der Waals surface area contributed by atoms with Gasteiger partial charge in [-0.1, -0.05) is 19.1 Å². The molecule has 2 aromatic rings. The largest absolute Gasteiger partial charge is 0.327 e. The summed E-state index contributed by atoms with van der Waals surface area (Å²) in [5.74, 6) is 0.0986. The molecule has 1 aromatic carbocycles. The summed E-state index contributed by atoms with van der Waals surface area (Å²) in [6.45, 7) is 5.51. The Morgan fingerprint density at radius 2 is 2.10 bits per heavy atom. The van der Waals surface area contributed by atoms with E-state index in [4.69, 9.17) is 0 Å². The van der Waals surface area contributed by atoms with Crippen LogP contribution >= 0.6 is 0 Å². The third-order valence-corrected chi connectivity index (χ3v) is 3.40. The first-order chi connectivity index (χ1) is 10.1. The monoisotopic (exact) mass is 287 g/mol. The van der Waals surface area contributed by atoms with Gasteiger partial charge in [0, 0.05) is 31.0 Å². The number of anilines is 2. The van der Waals surface area contributed by atoms with Gasteiger partial charge in [0.2, 0.25) is 0 Å². The fourth-order valence-corrected chi connectivity index (χ4v) is 2.20. The van der Waals surface area contributed by atoms with E-state index in [1.165, 1.54) is 0 Å². The van der Waals surface area contributed by atoms with Gasteiger partial charge in [0.15, 0.2) is 11.6 Å². The first-order valence-electron chi connectivity index (χ1n) is 7.28. The van der Waals surface area contributed by atoms with Crippen LogP contribution in [0.2, 0.25) is 0 Å². The van der Waals surface area contributed by atoms with Gasteiger partial charge in [0.1, 0.15) is 0 Å². The van der Waals surface area contributed by atoms with E-state index in [1.807, 2.05) is 38.2 Å². The number of aryl methyl sites for hydroxylation is 1. The molecule has 0 aliphatic rings. The van der Waals surface area contributed by atoms with Gasteiger partial charge in [-0.15, -0.1) is 0 Å². The number of aromatic nitrogens is 1. The predicted octanol–water partition coefficient (Wildman–Crippen LogP) is 3.80. The van der Waals surface area contributed by atoms with Crippen LogP contribution < -0.4 is 10.2 Å². The molecule has 1 aromatic heterocycles. The SMILES string of the molecule is CCCNCc1ccnc(N(C)c2cccc(C)c2)c1F. The fourth-order valence-electron chi connectivity index (χ4n) is 2.20. The van der Waals surface area contributed by atoms with E-state index < -0.39 is 0 Å². The molecule has 0 atom stereocenters. The topological polar surface area (TPSA) is 28.2 Å². The van der Waals surface area contributed by atoms with Crippen molar-refractivity contribution in [2.75, 3.05) is 18.5 Å². The van der Waals surface area contributed by atoms with Gasteiger partial charge in [-0.2, -0.15) is 0 Å². The Bertz CT molecular complexity index is 598. The first-order valence-corrected chi connectivity index (χ1v) is 7.28. The molecule has 0 unspecified atom stereocenters. The number of benzene rings is 1. The van der Waals surface area contributed by atoms with Crippen LogP contribution in [-0.4, -0.2) is 18.6 Å². The molecule has 0 spiro atoms. The molecule has 112 valence electrons. The van der Waals surface area contributed by atoms with Crippen LogP contribution in [0.25, 0.3) is 0 Å². The summed E-state index contributed by atoms with van der Waals surface area (Å²) in [4.78, 5) is 5.98. The second-order valence-corrected chi connectivity index (χ2v) is 5.18. The van der Waals surface area contributed by atoms with E-state index in [2.05, 4.69) is 17.2 Å². The highest BCUT2D eigenvalue weighted by Crippen LogP contribution is 2.26. The van der Waals surface area contributed by atoms with Crippen molar-refractivity contribution in [3.8, 4) is 0 Å². The fraction of sp³-hybridized carbons (Fsp3) is 0.353. The second kappa shape index (κ2) is 7.18. The molecule has 3 nitrogen and oxygen atoms in total. The van der Waals surface area contributed by atoms with Crippen molar-refractivity contribution in [1.82, 2.24) is 10.3 Å². The van der Waals surface area contributed by atoms with Crippen molar-refractivity contribution in [1.29, 1.82) is 0 Å². The Kier molecular flexibility index (Phi) is 5.28. The molecule has 4 heteroatoms. The molecule has 0 saturated carbocycles. The number of hydrogen-bond acceptors (Lipinski definition) is 3. The minimum Gasteiger partial charge on any atom is -0.327 e. The average molecular weight is 287 g/mol. The molecule has 0 radical (unpaired) electrons. The lowest BCUT2D eigenvalue weighted by Crippen LogP contribution is -2.18. The number of halogens is 1. The zero-order valence-corrected chi connectivity index (χ0v) is 12.9. The summed E-state index contributed by atoms with van der Waals surface area (Å²) >= 11 is 0. The van der Waals surface area contributed by atoms with Crippen LogP contribution in [0.3, 0.4) is 0 Å². The Hall–Kier alpha value is -1.94. The standard InChI is InChI=1S/C17H22FN3/c1-4-9-19-12-14-8-10-20-17(16(14)18)21(3)15-7-5-6-13(2)11-15/h5-8,10-11,19H,4,9,12H2,1-3H3. The number of nitrogens with zero attached hydrogens (tertiary/aromatic N) is 2. The van der Waals surface area contributed by atoms with Crippen molar-refractivity contribution in [3.05, 3.63) is 53.5 Å². The lowest BCUT2D eigenvalue weighted by atomic mass is 10.2. The molecule has 1 N–H and O–H groups in total. The highest BCUT2D eigenvalue weighted by molar-refractivity contribution is 5.60. The van der Waals surface area contributed by atoms with Gasteiger partial charge in [0.25, 0.3) is 0 Å². The zero-order valence-electron chi connectivity index (χ0n) is 12.9. The summed E-state index contributed by atoms with van der Waals surface area (Å²) in [7, 11) is 1.84. The Balaban J connectivity index is 2.25. The van der Waals surface area contributed by atoms with E-state index in [0.29, 0.717) is 17.9 Å². The molecule has 0 bridgehead atoms. The van der Waals surface area contributed by atoms with Crippen LogP contribution in [-0.2, 0) is 6.54 Å². The van der Waals surface area contributed by atoms with Crippen molar-refractivity contribution in [2.45, 2.75) is 26.8 Å². The molecule has 2 rings (SSSR count). The summed E-state index contributed by atoms with van der Waals surface area (Å²) in [5.41, 5.74) is 2.72. The van der Waals surface area contributed by atoms with E-state index in [1.54, 1.807) is 17.2 Å². The van der Waals surface area contributed by atoms with Crippen LogP contribution in [0.4, 0.5) is 15.9 Å². The first kappa shape index (κ1) is 15.4. The van der Waals surface area contributed by atoms with Gasteiger partial charge in [-0.3, -0.25) is 0 Å². The van der Waals surface area contributed by atoms with Gasteiger partial charge in [-0.05, 0) is 43.7 Å². The quantitative estimate of drug-likeness (QED) is 0.819. The van der Waals surface area contributed by atoms with Crippen molar-refractivity contribution in [3.63, 3.8) is 0 Å². The van der Waals surface area contributed by atoms with Crippen LogP contribution in [0.15, 0.2) is 36.5 Å². The second-order valence-electron chi connectivity index (χ2n) is 5.18. The minimum absolute atomic E-state index is 0.259. The third-order valence-electron chi connectivity index (χ3n) is 3.40. The van der Waals surface area contributed by atoms with Crippen LogP contribution in [0, 0.1) is 12.7 Å². The molecular formula is C17H22FN3. The molecule has 21 heavy (non-hydrogen) atoms. The smallest absolute Gasteiger partial charge is 0.170 e. The van der Waals surface area contributed by atoms with E-state index >= 15 is 0 Å². The highest BCUT2D eigenvalue weighted by atomic mass is 19.1. The van der Waals surface area contributed by atoms with Crippen molar-refractivity contribution >= 4 is 11.5 Å². The molecule has 0 amide bonds. The zero-order chi connectivity index (χ0) is 15.2. The number of nitrogens with one attached hydrogen (secondary N) is 1. The van der Waals surface area contributed by atoms with Crippen LogP contribution in [0.1, 0.15) is 24.5 Å². The maximum Gasteiger partial charge on any atom is 0.170 e. The molecule has 0 saturated heterocycles. The predicted molar refractivity (Wildman–Crippen MR) is 85.4 cm³/mol. The Morgan fingerprint density at radius 3 is 2.81 bits per heavy atom. The average Bonchev–Trinajstić information content (AvgIpc) is 2.48. The van der Waals surface area contributed by atoms with Crippen molar-refractivity contribution < 1.29 is 4.39 Å². The summed E-state index contributed by atoms with van der Waals surface area (Å²) in [5, 5.41) is 3.22. The number of pyridine rings is 1. The van der Waals surface area contributed by atoms with E-state index in [9.17, 15) is 4.39 Å². The Labute approximate surface area is 125 Å². The summed E-state index contributed by atoms with van der Waals surface area (Å²) in [6, 6.07) is 9.68. The third kappa shape index (κ3) is 3.79. The van der Waals surface area contributed by atoms with Crippen molar-refractivity contribution in [2.24, 2.45) is 0 Å². The van der Waals surface area contributed by atoms with Crippen LogP contribution in [0.5, 0.6) is 0 Å². The number of rotatable bonds is 6. The lowest BCUT2D eigenvalue weighted by molar-refractivity contribution is 0.581. The summed E-state index contributed by atoms with van der Waals surface area (Å²) < 4.78 is 14.6. The molecular weight excluding hydrogens is 265 g/mol. The maximum absolute atomic E-state index is 14.6. The van der Waals surface area contributed by atoms with Gasteiger partial charge in [0.05, 0.1) is 0 Å². The molecule has 1 heterocycles.